The molecule has 4 aromatic rings. The van der Waals surface area contributed by atoms with E-state index >= 15 is 0 Å². The van der Waals surface area contributed by atoms with Crippen molar-refractivity contribution in [3.8, 4) is 11.5 Å². The molecule has 34 heavy (non-hydrogen) atoms. The second-order valence-electron chi connectivity index (χ2n) is 8.04. The molecule has 0 aromatic heterocycles. The minimum absolute atomic E-state index is 0.301. The number of anilines is 1. The maximum Gasteiger partial charge on any atom is 0.243 e. The van der Waals surface area contributed by atoms with Gasteiger partial charge in [0.15, 0.2) is 0 Å². The van der Waals surface area contributed by atoms with Crippen LogP contribution >= 0.6 is 0 Å². The molecule has 1 atom stereocenters. The van der Waals surface area contributed by atoms with Gasteiger partial charge >= 0.3 is 0 Å². The summed E-state index contributed by atoms with van der Waals surface area (Å²) < 4.78 is 32.1. The van der Waals surface area contributed by atoms with Crippen LogP contribution < -0.4 is 14.4 Å². The van der Waals surface area contributed by atoms with E-state index in [0.29, 0.717) is 23.7 Å². The van der Waals surface area contributed by atoms with Crippen molar-refractivity contribution in [3.63, 3.8) is 0 Å². The minimum atomic E-state index is -3.71. The summed E-state index contributed by atoms with van der Waals surface area (Å²) in [4.78, 5) is 12.9. The van der Waals surface area contributed by atoms with Crippen molar-refractivity contribution in [1.82, 2.24) is 5.32 Å². The Labute approximate surface area is 199 Å². The van der Waals surface area contributed by atoms with Gasteiger partial charge in [0, 0.05) is 6.54 Å². The lowest BCUT2D eigenvalue weighted by atomic mass is 10.1. The number of carbonyl (C=O) groups is 1. The van der Waals surface area contributed by atoms with Gasteiger partial charge in [0.25, 0.3) is 0 Å². The molecule has 4 rings (SSSR count). The molecule has 0 radical (unpaired) electrons. The number of hydrogen-bond donors (Lipinski definition) is 1. The number of nitrogens with one attached hydrogen (secondary N) is 1. The molecular formula is C27H26N2O4S. The van der Waals surface area contributed by atoms with Gasteiger partial charge in [-0.2, -0.15) is 0 Å². The summed E-state index contributed by atoms with van der Waals surface area (Å²) in [6.45, 7) is 1.88. The van der Waals surface area contributed by atoms with E-state index in [1.54, 1.807) is 31.2 Å². The molecule has 1 amide bonds. The zero-order valence-corrected chi connectivity index (χ0v) is 19.8. The third-order valence-electron chi connectivity index (χ3n) is 5.44. The highest BCUT2D eigenvalue weighted by molar-refractivity contribution is 7.92. The molecule has 0 saturated heterocycles. The molecular weight excluding hydrogens is 448 g/mol. The van der Waals surface area contributed by atoms with Crippen molar-refractivity contribution in [3.05, 3.63) is 103 Å². The Balaban J connectivity index is 1.47. The van der Waals surface area contributed by atoms with Crippen molar-refractivity contribution >= 4 is 32.4 Å². The fourth-order valence-electron chi connectivity index (χ4n) is 3.78. The molecule has 0 spiro atoms. The second kappa shape index (κ2) is 9.97. The van der Waals surface area contributed by atoms with Gasteiger partial charge in [0.05, 0.1) is 11.9 Å². The zero-order valence-electron chi connectivity index (χ0n) is 19.0. The number of amides is 1. The Hall–Kier alpha value is -3.84. The molecule has 1 unspecified atom stereocenters. The molecule has 7 heteroatoms. The van der Waals surface area contributed by atoms with E-state index < -0.39 is 16.1 Å². The molecule has 0 aliphatic rings. The van der Waals surface area contributed by atoms with Crippen LogP contribution in [0.15, 0.2) is 97.1 Å². The van der Waals surface area contributed by atoms with E-state index in [4.69, 9.17) is 4.74 Å². The Bertz CT molecular complexity index is 1390. The third-order valence-corrected chi connectivity index (χ3v) is 6.68. The minimum Gasteiger partial charge on any atom is -0.457 e. The summed E-state index contributed by atoms with van der Waals surface area (Å²) in [5.41, 5.74) is 1.32. The first kappa shape index (κ1) is 23.3. The molecule has 0 aliphatic carbocycles. The zero-order chi connectivity index (χ0) is 24.1. The van der Waals surface area contributed by atoms with E-state index in [0.717, 1.165) is 26.9 Å². The van der Waals surface area contributed by atoms with E-state index in [9.17, 15) is 13.2 Å². The maximum atomic E-state index is 12.9. The molecule has 0 aliphatic heterocycles. The van der Waals surface area contributed by atoms with Gasteiger partial charge in [-0.3, -0.25) is 9.10 Å². The first-order chi connectivity index (χ1) is 16.3. The largest absolute Gasteiger partial charge is 0.457 e. The number of rotatable bonds is 8. The van der Waals surface area contributed by atoms with Gasteiger partial charge in [-0.15, -0.1) is 0 Å². The van der Waals surface area contributed by atoms with Crippen molar-refractivity contribution in [2.24, 2.45) is 0 Å². The van der Waals surface area contributed by atoms with Crippen LogP contribution in [0.3, 0.4) is 0 Å². The van der Waals surface area contributed by atoms with Gasteiger partial charge in [-0.25, -0.2) is 8.42 Å². The average molecular weight is 475 g/mol. The smallest absolute Gasteiger partial charge is 0.243 e. The molecule has 4 aromatic carbocycles. The lowest BCUT2D eigenvalue weighted by Crippen LogP contribution is -2.47. The molecule has 0 fully saturated rings. The summed E-state index contributed by atoms with van der Waals surface area (Å²) >= 11 is 0. The lowest BCUT2D eigenvalue weighted by molar-refractivity contribution is -0.122. The van der Waals surface area contributed by atoms with Crippen LogP contribution in [0.4, 0.5) is 5.69 Å². The van der Waals surface area contributed by atoms with Crippen molar-refractivity contribution in [2.75, 3.05) is 10.6 Å². The molecule has 1 N–H and O–H groups in total. The number of ether oxygens (including phenoxy) is 1. The SMILES string of the molecule is CC(C(=O)NCc1ccc2ccccc2c1)N(c1ccc(Oc2ccccc2)cc1)S(C)(=O)=O. The highest BCUT2D eigenvalue weighted by Gasteiger charge is 2.29. The van der Waals surface area contributed by atoms with Crippen LogP contribution in [0.5, 0.6) is 11.5 Å². The van der Waals surface area contributed by atoms with E-state index in [1.165, 1.54) is 0 Å². The summed E-state index contributed by atoms with van der Waals surface area (Å²) in [6.07, 6.45) is 1.09. The lowest BCUT2D eigenvalue weighted by Gasteiger charge is -2.28. The topological polar surface area (TPSA) is 75.7 Å². The van der Waals surface area contributed by atoms with Crippen molar-refractivity contribution in [1.29, 1.82) is 0 Å². The van der Waals surface area contributed by atoms with Gasteiger partial charge in [-0.05, 0) is 65.7 Å². The van der Waals surface area contributed by atoms with Gasteiger partial charge < -0.3 is 10.1 Å². The van der Waals surface area contributed by atoms with Gasteiger partial charge in [0.1, 0.15) is 17.5 Å². The predicted octanol–water partition coefficient (Wildman–Crippen LogP) is 5.10. The van der Waals surface area contributed by atoms with Crippen molar-refractivity contribution in [2.45, 2.75) is 19.5 Å². The fourth-order valence-corrected chi connectivity index (χ4v) is 4.95. The average Bonchev–Trinajstić information content (AvgIpc) is 2.83. The molecule has 0 saturated carbocycles. The van der Waals surface area contributed by atoms with Crippen LogP contribution in [-0.2, 0) is 21.4 Å². The van der Waals surface area contributed by atoms with E-state index in [-0.39, 0.29) is 5.91 Å². The van der Waals surface area contributed by atoms with E-state index in [1.807, 2.05) is 72.8 Å². The molecule has 174 valence electrons. The Morgan fingerprint density at radius 1 is 0.853 bits per heavy atom. The highest BCUT2D eigenvalue weighted by atomic mass is 32.2. The first-order valence-corrected chi connectivity index (χ1v) is 12.7. The number of para-hydroxylation sites is 1. The summed E-state index contributed by atoms with van der Waals surface area (Å²) in [5.74, 6) is 0.858. The summed E-state index contributed by atoms with van der Waals surface area (Å²) in [7, 11) is -3.71. The molecule has 0 heterocycles. The van der Waals surface area contributed by atoms with Crippen molar-refractivity contribution < 1.29 is 17.9 Å². The summed E-state index contributed by atoms with van der Waals surface area (Å²) in [6, 6.07) is 28.9. The molecule has 6 nitrogen and oxygen atoms in total. The number of carbonyl (C=O) groups excluding carboxylic acids is 1. The van der Waals surface area contributed by atoms with Crippen LogP contribution in [0.2, 0.25) is 0 Å². The van der Waals surface area contributed by atoms with Crippen LogP contribution in [0.25, 0.3) is 10.8 Å². The fraction of sp³-hybridized carbons (Fsp3) is 0.148. The number of hydrogen-bond acceptors (Lipinski definition) is 4. The Morgan fingerprint density at radius 2 is 1.47 bits per heavy atom. The number of fused-ring (bicyclic) bond motifs is 1. The first-order valence-electron chi connectivity index (χ1n) is 10.9. The molecule has 0 bridgehead atoms. The van der Waals surface area contributed by atoms with Crippen LogP contribution in [0.1, 0.15) is 12.5 Å². The van der Waals surface area contributed by atoms with Gasteiger partial charge in [0.2, 0.25) is 15.9 Å². The Morgan fingerprint density at radius 3 is 2.15 bits per heavy atom. The third kappa shape index (κ3) is 5.55. The standard InChI is InChI=1S/C27H26N2O4S/c1-20(27(30)28-19-21-12-13-22-8-6-7-9-23(22)18-21)29(34(2,31)32)24-14-16-26(17-15-24)33-25-10-4-3-5-11-25/h3-18,20H,19H2,1-2H3,(H,28,30). The predicted molar refractivity (Wildman–Crippen MR) is 136 cm³/mol. The monoisotopic (exact) mass is 474 g/mol. The van der Waals surface area contributed by atoms with Crippen LogP contribution in [-0.4, -0.2) is 26.6 Å². The normalized spacial score (nSPS) is 12.2. The second-order valence-corrected chi connectivity index (χ2v) is 9.90. The number of sulfonamides is 1. The van der Waals surface area contributed by atoms with Crippen LogP contribution in [0, 0.1) is 0 Å². The maximum absolute atomic E-state index is 12.9. The number of benzene rings is 4. The highest BCUT2D eigenvalue weighted by Crippen LogP contribution is 2.27. The quantitative estimate of drug-likeness (QED) is 0.385. The number of nitrogens with zero attached hydrogens (tertiary/aromatic N) is 1. The van der Waals surface area contributed by atoms with Gasteiger partial charge in [-0.1, -0.05) is 54.6 Å². The van der Waals surface area contributed by atoms with E-state index in [2.05, 4.69) is 5.32 Å². The Kier molecular flexibility index (Phi) is 6.84. The summed E-state index contributed by atoms with van der Waals surface area (Å²) in [5, 5.41) is 5.06.